The third-order valence-electron chi connectivity index (χ3n) is 8.27. The van der Waals surface area contributed by atoms with Crippen LogP contribution in [-0.4, -0.2) is 35.7 Å². The standard InChI is InChI=1S/C36H40N8/c1-39-31-21-11-13-23-33(31)43(35(39)27-37-41(3)29-17-7-5-8-18-29)25-15-16-26-44-34-24-14-12-22-32(34)40(2)36(44)28-38-42(4)30-19-9-6-10-20-30/h5-14,17-24,27-28H,15-16,25-26H2,1-4H3/q+2. The summed E-state index contributed by atoms with van der Waals surface area (Å²) < 4.78 is 9.25. The van der Waals surface area contributed by atoms with E-state index in [-0.39, 0.29) is 0 Å². The number of hydrazone groups is 2. The summed E-state index contributed by atoms with van der Waals surface area (Å²) in [6, 6.07) is 37.6. The molecule has 8 heteroatoms. The molecule has 0 radical (unpaired) electrons. The van der Waals surface area contributed by atoms with E-state index in [4.69, 9.17) is 10.2 Å². The van der Waals surface area contributed by atoms with Gasteiger partial charge in [-0.1, -0.05) is 60.7 Å². The topological polar surface area (TPSA) is 48.8 Å². The molecule has 6 rings (SSSR count). The highest BCUT2D eigenvalue weighted by molar-refractivity contribution is 5.82. The van der Waals surface area contributed by atoms with Gasteiger partial charge in [-0.05, 0) is 61.4 Å². The number of unbranched alkanes of at least 4 members (excludes halogenated alkanes) is 1. The highest BCUT2D eigenvalue weighted by Gasteiger charge is 2.23. The van der Waals surface area contributed by atoms with Gasteiger partial charge in [-0.25, -0.2) is 18.3 Å². The van der Waals surface area contributed by atoms with Crippen molar-refractivity contribution in [1.29, 1.82) is 0 Å². The van der Waals surface area contributed by atoms with E-state index in [0.717, 1.165) is 49.0 Å². The van der Waals surface area contributed by atoms with Crippen LogP contribution in [0.15, 0.2) is 119 Å². The van der Waals surface area contributed by atoms with Gasteiger partial charge in [0.05, 0.1) is 38.6 Å². The first-order valence-corrected chi connectivity index (χ1v) is 15.1. The number of para-hydroxylation sites is 6. The van der Waals surface area contributed by atoms with Crippen molar-refractivity contribution < 1.29 is 9.13 Å². The maximum Gasteiger partial charge on any atom is 0.302 e. The van der Waals surface area contributed by atoms with Gasteiger partial charge >= 0.3 is 11.6 Å². The van der Waals surface area contributed by atoms with Crippen molar-refractivity contribution in [3.63, 3.8) is 0 Å². The Morgan fingerprint density at radius 3 is 1.32 bits per heavy atom. The van der Waals surface area contributed by atoms with Crippen LogP contribution in [0.5, 0.6) is 0 Å². The molecule has 0 bridgehead atoms. The fraction of sp³-hybridized carbons (Fsp3) is 0.222. The molecule has 0 saturated carbocycles. The summed E-state index contributed by atoms with van der Waals surface area (Å²) in [7, 11) is 8.21. The Kier molecular flexibility index (Phi) is 8.50. The molecule has 0 aliphatic rings. The number of hydrogen-bond donors (Lipinski definition) is 0. The molecule has 6 aromatic rings. The largest absolute Gasteiger partial charge is 0.302 e. The van der Waals surface area contributed by atoms with Crippen LogP contribution >= 0.6 is 0 Å². The van der Waals surface area contributed by atoms with Crippen molar-refractivity contribution in [1.82, 2.24) is 9.13 Å². The van der Waals surface area contributed by atoms with Crippen molar-refractivity contribution in [2.24, 2.45) is 24.3 Å². The van der Waals surface area contributed by atoms with Crippen molar-refractivity contribution in [2.75, 3.05) is 24.1 Å². The molecule has 222 valence electrons. The number of aryl methyl sites for hydroxylation is 4. The molecule has 0 saturated heterocycles. The van der Waals surface area contributed by atoms with E-state index >= 15 is 0 Å². The predicted molar refractivity (Wildman–Crippen MR) is 180 cm³/mol. The van der Waals surface area contributed by atoms with E-state index < -0.39 is 0 Å². The van der Waals surface area contributed by atoms with Gasteiger partial charge in [0, 0.05) is 14.1 Å². The second-order valence-electron chi connectivity index (χ2n) is 11.0. The molecule has 44 heavy (non-hydrogen) atoms. The molecule has 0 unspecified atom stereocenters. The fourth-order valence-corrected chi connectivity index (χ4v) is 5.83. The molecule has 0 atom stereocenters. The highest BCUT2D eigenvalue weighted by Crippen LogP contribution is 2.18. The van der Waals surface area contributed by atoms with Crippen LogP contribution < -0.4 is 19.2 Å². The van der Waals surface area contributed by atoms with E-state index in [1.807, 2.05) is 72.9 Å². The summed E-state index contributed by atoms with van der Waals surface area (Å²) in [4.78, 5) is 0. The van der Waals surface area contributed by atoms with E-state index in [0.29, 0.717) is 0 Å². The number of benzene rings is 4. The summed E-state index contributed by atoms with van der Waals surface area (Å²) in [6.45, 7) is 1.78. The number of rotatable bonds is 11. The minimum absolute atomic E-state index is 0.892. The Hall–Kier alpha value is -5.24. The Labute approximate surface area is 259 Å². The van der Waals surface area contributed by atoms with E-state index in [1.165, 1.54) is 22.1 Å². The highest BCUT2D eigenvalue weighted by atomic mass is 15.4. The molecule has 0 fully saturated rings. The fourth-order valence-electron chi connectivity index (χ4n) is 5.83. The number of imidazole rings is 2. The van der Waals surface area contributed by atoms with Crippen LogP contribution in [0, 0.1) is 0 Å². The summed E-state index contributed by atoms with van der Waals surface area (Å²) in [5.74, 6) is 2.15. The van der Waals surface area contributed by atoms with Crippen LogP contribution in [0.25, 0.3) is 22.1 Å². The number of hydrogen-bond acceptors (Lipinski definition) is 4. The van der Waals surface area contributed by atoms with Gasteiger partial charge in [-0.3, -0.25) is 10.0 Å². The Morgan fingerprint density at radius 1 is 0.545 bits per heavy atom. The normalized spacial score (nSPS) is 11.8. The predicted octanol–water partition coefficient (Wildman–Crippen LogP) is 5.67. The molecule has 2 aromatic heterocycles. The zero-order chi connectivity index (χ0) is 30.5. The lowest BCUT2D eigenvalue weighted by molar-refractivity contribution is -0.646. The molecule has 0 amide bonds. The number of aromatic nitrogens is 4. The van der Waals surface area contributed by atoms with Crippen LogP contribution in [-0.2, 0) is 27.2 Å². The first kappa shape index (κ1) is 28.9. The number of nitrogens with zero attached hydrogens (tertiary/aromatic N) is 8. The lowest BCUT2D eigenvalue weighted by Gasteiger charge is -2.11. The smallest absolute Gasteiger partial charge is 0.268 e. The van der Waals surface area contributed by atoms with Gasteiger partial charge in [0.1, 0.15) is 12.4 Å². The molecule has 0 aliphatic heterocycles. The summed E-state index contributed by atoms with van der Waals surface area (Å²) >= 11 is 0. The van der Waals surface area contributed by atoms with Gasteiger partial charge in [-0.15, -0.1) is 0 Å². The molecule has 4 aromatic carbocycles. The van der Waals surface area contributed by atoms with E-state index in [1.54, 1.807) is 0 Å². The SMILES string of the molecule is CN(N=Cc1n(CCCCn2c(C=NN(C)c3ccccc3)[n+](C)c3ccccc32)c2ccccc2[n+]1C)c1ccccc1. The van der Waals surface area contributed by atoms with E-state index in [2.05, 4.69) is 105 Å². The maximum atomic E-state index is 4.80. The Morgan fingerprint density at radius 2 is 0.909 bits per heavy atom. The first-order chi connectivity index (χ1) is 21.5. The molecule has 2 heterocycles. The summed E-state index contributed by atoms with van der Waals surface area (Å²) in [5, 5.41) is 13.4. The van der Waals surface area contributed by atoms with Crippen molar-refractivity contribution in [3.05, 3.63) is 121 Å². The molecule has 0 aliphatic carbocycles. The molecular formula is C36H40N8+2. The molecule has 8 nitrogen and oxygen atoms in total. The Balaban J connectivity index is 1.23. The van der Waals surface area contributed by atoms with Crippen LogP contribution in [0.1, 0.15) is 24.5 Å². The molecular weight excluding hydrogens is 544 g/mol. The van der Waals surface area contributed by atoms with Crippen LogP contribution in [0.4, 0.5) is 11.4 Å². The minimum atomic E-state index is 0.892. The Bertz CT molecular complexity index is 1780. The average Bonchev–Trinajstić information content (AvgIpc) is 3.50. The minimum Gasteiger partial charge on any atom is -0.268 e. The monoisotopic (exact) mass is 584 g/mol. The van der Waals surface area contributed by atoms with Crippen molar-refractivity contribution in [2.45, 2.75) is 25.9 Å². The van der Waals surface area contributed by atoms with Crippen LogP contribution in [0.2, 0.25) is 0 Å². The summed E-state index contributed by atoms with van der Waals surface area (Å²) in [5.41, 5.74) is 6.93. The zero-order valence-corrected chi connectivity index (χ0v) is 26.0. The first-order valence-electron chi connectivity index (χ1n) is 15.1. The van der Waals surface area contributed by atoms with Crippen LogP contribution in [0.3, 0.4) is 0 Å². The number of anilines is 2. The third-order valence-corrected chi connectivity index (χ3v) is 8.27. The lowest BCUT2D eigenvalue weighted by atomic mass is 10.2. The number of fused-ring (bicyclic) bond motifs is 2. The van der Waals surface area contributed by atoms with E-state index in [9.17, 15) is 0 Å². The van der Waals surface area contributed by atoms with Crippen molar-refractivity contribution in [3.8, 4) is 0 Å². The third kappa shape index (κ3) is 5.83. The average molecular weight is 585 g/mol. The quantitative estimate of drug-likeness (QED) is 0.0854. The zero-order valence-electron chi connectivity index (χ0n) is 26.0. The van der Waals surface area contributed by atoms with Crippen molar-refractivity contribution >= 4 is 45.9 Å². The second-order valence-corrected chi connectivity index (χ2v) is 11.0. The van der Waals surface area contributed by atoms with Gasteiger partial charge in [0.2, 0.25) is 0 Å². The van der Waals surface area contributed by atoms with Gasteiger partial charge in [-0.2, -0.15) is 10.2 Å². The molecule has 0 N–H and O–H groups in total. The second kappa shape index (κ2) is 13.0. The maximum absolute atomic E-state index is 4.80. The lowest BCUT2D eigenvalue weighted by Crippen LogP contribution is -2.33. The van der Waals surface area contributed by atoms with Gasteiger partial charge in [0.25, 0.3) is 0 Å². The van der Waals surface area contributed by atoms with Gasteiger partial charge in [0.15, 0.2) is 22.1 Å². The molecule has 0 spiro atoms. The van der Waals surface area contributed by atoms with Gasteiger partial charge < -0.3 is 0 Å². The summed E-state index contributed by atoms with van der Waals surface area (Å²) in [6.07, 6.45) is 5.99.